The zero-order valence-electron chi connectivity index (χ0n) is 11.4. The minimum atomic E-state index is -4.74. The van der Waals surface area contributed by atoms with Crippen molar-refractivity contribution in [1.29, 1.82) is 0 Å². The maximum atomic E-state index is 11.7. The van der Waals surface area contributed by atoms with Crippen molar-refractivity contribution < 1.29 is 37.2 Å². The summed E-state index contributed by atoms with van der Waals surface area (Å²) in [4.78, 5) is 19.2. The number of carbonyl (C=O) groups is 1. The molecule has 2 aliphatic rings. The minimum Gasteiger partial charge on any atom is -0.388 e. The van der Waals surface area contributed by atoms with E-state index in [9.17, 15) is 18.0 Å². The van der Waals surface area contributed by atoms with E-state index < -0.39 is 18.1 Å². The molecule has 1 unspecified atom stereocenters. The highest BCUT2D eigenvalue weighted by Gasteiger charge is 2.44. The normalized spacial score (nSPS) is 23.6. The fourth-order valence-corrected chi connectivity index (χ4v) is 1.05. The fourth-order valence-electron chi connectivity index (χ4n) is 1.05. The van der Waals surface area contributed by atoms with Gasteiger partial charge in [-0.15, -0.1) is 0 Å². The molecule has 0 bridgehead atoms. The zero-order chi connectivity index (χ0) is 15.1. The van der Waals surface area contributed by atoms with Gasteiger partial charge in [-0.2, -0.15) is 22.9 Å². The highest BCUT2D eigenvalue weighted by atomic mass is 19.4. The van der Waals surface area contributed by atoms with Gasteiger partial charge in [0, 0.05) is 20.8 Å². The van der Waals surface area contributed by atoms with Crippen molar-refractivity contribution in [3.8, 4) is 0 Å². The van der Waals surface area contributed by atoms with E-state index in [0.29, 0.717) is 6.42 Å². The quantitative estimate of drug-likeness (QED) is 0.547. The standard InChI is InChI=1S/C6H7F3O2.C3H6O2.C2H6O/c7-6(8,9)5(10)4-2-1-3-11-4;1-3(2)4-5-3;1-3-2/h4H,1-3H2;1-2H3;1-2H3. The molecule has 0 aliphatic carbocycles. The Morgan fingerprint density at radius 1 is 1.26 bits per heavy atom. The summed E-state index contributed by atoms with van der Waals surface area (Å²) < 4.78 is 43.8. The topological polar surface area (TPSA) is 60.6 Å². The number of halogens is 3. The lowest BCUT2D eigenvalue weighted by Crippen LogP contribution is -2.33. The largest absolute Gasteiger partial charge is 0.452 e. The Morgan fingerprint density at radius 2 is 1.68 bits per heavy atom. The Balaban J connectivity index is 0.000000334. The molecule has 2 rings (SSSR count). The van der Waals surface area contributed by atoms with Gasteiger partial charge in [0.15, 0.2) is 0 Å². The molecule has 0 saturated carbocycles. The fraction of sp³-hybridized carbons (Fsp3) is 0.909. The lowest BCUT2D eigenvalue weighted by Gasteiger charge is -2.09. The monoisotopic (exact) mass is 288 g/mol. The van der Waals surface area contributed by atoms with E-state index in [0.717, 1.165) is 0 Å². The summed E-state index contributed by atoms with van der Waals surface area (Å²) in [5, 5.41) is 0. The van der Waals surface area contributed by atoms with Crippen molar-refractivity contribution in [1.82, 2.24) is 0 Å². The first kappa shape index (κ1) is 18.3. The molecule has 0 aromatic carbocycles. The van der Waals surface area contributed by atoms with Crippen molar-refractivity contribution in [3.05, 3.63) is 0 Å². The first-order chi connectivity index (χ1) is 8.64. The zero-order valence-corrected chi connectivity index (χ0v) is 11.4. The number of methoxy groups -OCH3 is 1. The molecule has 1 atom stereocenters. The molecule has 8 heteroatoms. The van der Waals surface area contributed by atoms with Gasteiger partial charge in [-0.1, -0.05) is 0 Å². The third-order valence-corrected chi connectivity index (χ3v) is 1.92. The minimum absolute atomic E-state index is 0.193. The molecule has 0 N–H and O–H groups in total. The summed E-state index contributed by atoms with van der Waals surface area (Å²) in [5.74, 6) is -2.00. The number of hydrogen-bond acceptors (Lipinski definition) is 5. The lowest BCUT2D eigenvalue weighted by atomic mass is 10.1. The lowest BCUT2D eigenvalue weighted by molar-refractivity contribution is -0.180. The molecular formula is C11H19F3O5. The molecule has 19 heavy (non-hydrogen) atoms. The van der Waals surface area contributed by atoms with Gasteiger partial charge in [0.25, 0.3) is 5.78 Å². The van der Waals surface area contributed by atoms with Crippen LogP contribution in [-0.4, -0.2) is 44.7 Å². The molecular weight excluding hydrogens is 269 g/mol. The predicted molar refractivity (Wildman–Crippen MR) is 59.2 cm³/mol. The van der Waals surface area contributed by atoms with E-state index >= 15 is 0 Å². The van der Waals surface area contributed by atoms with Crippen LogP contribution in [-0.2, 0) is 24.0 Å². The number of rotatable bonds is 1. The van der Waals surface area contributed by atoms with Gasteiger partial charge in [-0.3, -0.25) is 4.79 Å². The average molecular weight is 288 g/mol. The third-order valence-electron chi connectivity index (χ3n) is 1.92. The molecule has 2 heterocycles. The highest BCUT2D eigenvalue weighted by Crippen LogP contribution is 2.26. The molecule has 0 aromatic rings. The van der Waals surface area contributed by atoms with Crippen LogP contribution in [0.15, 0.2) is 0 Å². The summed E-state index contributed by atoms with van der Waals surface area (Å²) >= 11 is 0. The van der Waals surface area contributed by atoms with Gasteiger partial charge < -0.3 is 9.47 Å². The van der Waals surface area contributed by atoms with Crippen LogP contribution in [0.5, 0.6) is 0 Å². The Labute approximate surface area is 109 Å². The molecule has 0 amide bonds. The van der Waals surface area contributed by atoms with E-state index in [1.165, 1.54) is 0 Å². The average Bonchev–Trinajstić information content (AvgIpc) is 2.82. The van der Waals surface area contributed by atoms with Crippen molar-refractivity contribution in [2.75, 3.05) is 20.8 Å². The van der Waals surface area contributed by atoms with E-state index in [1.807, 2.05) is 13.8 Å². The Kier molecular flexibility index (Phi) is 7.50. The van der Waals surface area contributed by atoms with E-state index in [1.54, 1.807) is 14.2 Å². The molecule has 0 radical (unpaired) electrons. The SMILES string of the molecule is CC1(C)OO1.COC.O=C(C1CCCO1)C(F)(F)F. The van der Waals surface area contributed by atoms with Crippen LogP contribution < -0.4 is 0 Å². The van der Waals surface area contributed by atoms with Gasteiger partial charge in [0.2, 0.25) is 5.79 Å². The van der Waals surface area contributed by atoms with Crippen LogP contribution in [0.25, 0.3) is 0 Å². The van der Waals surface area contributed by atoms with Gasteiger partial charge in [0.05, 0.1) is 0 Å². The van der Waals surface area contributed by atoms with Crippen molar-refractivity contribution in [2.45, 2.75) is 44.8 Å². The maximum Gasteiger partial charge on any atom is 0.452 e. The van der Waals surface area contributed by atoms with Gasteiger partial charge >= 0.3 is 6.18 Å². The van der Waals surface area contributed by atoms with Crippen LogP contribution >= 0.6 is 0 Å². The molecule has 0 aromatic heterocycles. The Bertz CT molecular complexity index is 266. The maximum absolute atomic E-state index is 11.7. The highest BCUT2D eigenvalue weighted by molar-refractivity contribution is 5.88. The second-order valence-corrected chi connectivity index (χ2v) is 4.34. The van der Waals surface area contributed by atoms with Crippen LogP contribution in [0, 0.1) is 0 Å². The number of carbonyl (C=O) groups excluding carboxylic acids is 1. The van der Waals surface area contributed by atoms with Crippen LogP contribution in [0.3, 0.4) is 0 Å². The van der Waals surface area contributed by atoms with Crippen LogP contribution in [0.4, 0.5) is 13.2 Å². The van der Waals surface area contributed by atoms with E-state index in [-0.39, 0.29) is 18.8 Å². The summed E-state index contributed by atoms with van der Waals surface area (Å²) in [5.41, 5.74) is 0. The molecule has 2 saturated heterocycles. The number of ketones is 1. The molecule has 0 spiro atoms. The summed E-state index contributed by atoms with van der Waals surface area (Å²) in [7, 11) is 3.25. The predicted octanol–water partition coefficient (Wildman–Crippen LogP) is 2.24. The first-order valence-electron chi connectivity index (χ1n) is 5.63. The van der Waals surface area contributed by atoms with Gasteiger partial charge in [-0.05, 0) is 26.7 Å². The second kappa shape index (κ2) is 7.78. The number of Topliss-reactive ketones (excluding diaryl/α,β-unsaturated/α-hetero) is 1. The smallest absolute Gasteiger partial charge is 0.388 e. The van der Waals surface area contributed by atoms with Crippen LogP contribution in [0.1, 0.15) is 26.7 Å². The Hall–Kier alpha value is -0.700. The van der Waals surface area contributed by atoms with E-state index in [2.05, 4.69) is 19.2 Å². The van der Waals surface area contributed by atoms with Gasteiger partial charge in [-0.25, -0.2) is 0 Å². The molecule has 2 aliphatic heterocycles. The van der Waals surface area contributed by atoms with Crippen LogP contribution in [0.2, 0.25) is 0 Å². The second-order valence-electron chi connectivity index (χ2n) is 4.34. The van der Waals surface area contributed by atoms with Crippen molar-refractivity contribution in [3.63, 3.8) is 0 Å². The summed E-state index contributed by atoms with van der Waals surface area (Å²) in [6.07, 6.45) is -5.25. The number of alkyl halides is 3. The molecule has 5 nitrogen and oxygen atoms in total. The Morgan fingerprint density at radius 3 is 1.89 bits per heavy atom. The molecule has 2 fully saturated rings. The van der Waals surface area contributed by atoms with Crippen molar-refractivity contribution >= 4 is 5.78 Å². The van der Waals surface area contributed by atoms with Crippen molar-refractivity contribution in [2.24, 2.45) is 0 Å². The first-order valence-corrected chi connectivity index (χ1v) is 5.63. The number of ether oxygens (including phenoxy) is 2. The molecule has 114 valence electrons. The van der Waals surface area contributed by atoms with E-state index in [4.69, 9.17) is 0 Å². The third kappa shape index (κ3) is 8.93. The summed E-state index contributed by atoms with van der Waals surface area (Å²) in [6.45, 7) is 3.96. The number of hydrogen-bond donors (Lipinski definition) is 0. The van der Waals surface area contributed by atoms with Gasteiger partial charge in [0.1, 0.15) is 6.10 Å². The summed E-state index contributed by atoms with van der Waals surface area (Å²) in [6, 6.07) is 0.